The van der Waals surface area contributed by atoms with Gasteiger partial charge in [0.2, 0.25) is 10.0 Å². The summed E-state index contributed by atoms with van der Waals surface area (Å²) in [6, 6.07) is 16.3. The van der Waals surface area contributed by atoms with Crippen LogP contribution in [0.25, 0.3) is 10.6 Å². The summed E-state index contributed by atoms with van der Waals surface area (Å²) in [4.78, 5) is 4.72. The Morgan fingerprint density at radius 1 is 1.07 bits per heavy atom. The molecule has 0 atom stereocenters. The first-order chi connectivity index (χ1) is 13.1. The number of rotatable bonds is 9. The van der Waals surface area contributed by atoms with Crippen molar-refractivity contribution < 1.29 is 13.2 Å². The first-order valence-electron chi connectivity index (χ1n) is 8.81. The topological polar surface area (TPSA) is 68.3 Å². The Kier molecular flexibility index (Phi) is 6.60. The molecular weight excluding hydrogens is 380 g/mol. The number of thiazole rings is 1. The molecule has 0 saturated heterocycles. The molecule has 7 heteroatoms. The SMILES string of the molecule is CCCCOc1ccc(S(=O)(=O)NCc2csc(-c3ccccc3)n2)cc1. The Hall–Kier alpha value is -2.22. The fraction of sp³-hybridized carbons (Fsp3) is 0.250. The van der Waals surface area contributed by atoms with E-state index < -0.39 is 10.0 Å². The Labute approximate surface area is 164 Å². The molecule has 1 heterocycles. The number of ether oxygens (including phenoxy) is 1. The van der Waals surface area contributed by atoms with E-state index in [2.05, 4.69) is 16.6 Å². The van der Waals surface area contributed by atoms with Gasteiger partial charge in [-0.05, 0) is 30.7 Å². The zero-order valence-corrected chi connectivity index (χ0v) is 16.7. The lowest BCUT2D eigenvalue weighted by molar-refractivity contribution is 0.309. The van der Waals surface area contributed by atoms with E-state index in [1.807, 2.05) is 35.7 Å². The van der Waals surface area contributed by atoms with Crippen LogP contribution in [0.3, 0.4) is 0 Å². The second-order valence-corrected chi connectivity index (χ2v) is 8.63. The quantitative estimate of drug-likeness (QED) is 0.536. The first-order valence-corrected chi connectivity index (χ1v) is 11.2. The predicted octanol–water partition coefficient (Wildman–Crippen LogP) is 4.47. The molecule has 0 fully saturated rings. The molecule has 3 rings (SSSR count). The van der Waals surface area contributed by atoms with Crippen LogP contribution in [0.4, 0.5) is 0 Å². The second-order valence-electron chi connectivity index (χ2n) is 6.01. The van der Waals surface area contributed by atoms with Gasteiger partial charge in [0.1, 0.15) is 10.8 Å². The third kappa shape index (κ3) is 5.38. The van der Waals surface area contributed by atoms with Gasteiger partial charge in [-0.1, -0.05) is 43.7 Å². The molecule has 0 aliphatic carbocycles. The van der Waals surface area contributed by atoms with Crippen LogP contribution in [-0.2, 0) is 16.6 Å². The molecule has 3 aromatic rings. The van der Waals surface area contributed by atoms with Crippen molar-refractivity contribution in [2.75, 3.05) is 6.61 Å². The predicted molar refractivity (Wildman–Crippen MR) is 108 cm³/mol. The highest BCUT2D eigenvalue weighted by Crippen LogP contribution is 2.23. The highest BCUT2D eigenvalue weighted by atomic mass is 32.2. The van der Waals surface area contributed by atoms with Gasteiger partial charge >= 0.3 is 0 Å². The molecule has 0 spiro atoms. The molecule has 1 aromatic heterocycles. The Bertz CT molecular complexity index is 952. The minimum absolute atomic E-state index is 0.153. The maximum absolute atomic E-state index is 12.5. The number of unbranched alkanes of at least 4 members (excludes halogenated alkanes) is 1. The summed E-state index contributed by atoms with van der Waals surface area (Å²) in [7, 11) is -3.60. The molecule has 0 radical (unpaired) electrons. The number of nitrogens with one attached hydrogen (secondary N) is 1. The van der Waals surface area contributed by atoms with Gasteiger partial charge in [0, 0.05) is 10.9 Å². The molecule has 0 amide bonds. The van der Waals surface area contributed by atoms with Crippen molar-refractivity contribution in [3.8, 4) is 16.3 Å². The van der Waals surface area contributed by atoms with Crippen LogP contribution < -0.4 is 9.46 Å². The van der Waals surface area contributed by atoms with Gasteiger partial charge in [-0.2, -0.15) is 0 Å². The van der Waals surface area contributed by atoms with Crippen LogP contribution in [0.15, 0.2) is 64.9 Å². The summed E-state index contributed by atoms with van der Waals surface area (Å²) in [5.41, 5.74) is 1.72. The largest absolute Gasteiger partial charge is 0.494 e. The third-order valence-electron chi connectivity index (χ3n) is 3.92. The molecular formula is C20H22N2O3S2. The molecule has 0 aliphatic rings. The van der Waals surface area contributed by atoms with E-state index in [1.165, 1.54) is 11.3 Å². The van der Waals surface area contributed by atoms with Gasteiger partial charge in [0.15, 0.2) is 0 Å². The average Bonchev–Trinajstić information content (AvgIpc) is 3.17. The minimum Gasteiger partial charge on any atom is -0.494 e. The van der Waals surface area contributed by atoms with Crippen molar-refractivity contribution >= 4 is 21.4 Å². The maximum Gasteiger partial charge on any atom is 0.240 e. The second kappa shape index (κ2) is 9.12. The monoisotopic (exact) mass is 402 g/mol. The van der Waals surface area contributed by atoms with Crippen LogP contribution in [0.1, 0.15) is 25.5 Å². The van der Waals surface area contributed by atoms with Crippen molar-refractivity contribution in [2.45, 2.75) is 31.2 Å². The Morgan fingerprint density at radius 2 is 1.81 bits per heavy atom. The van der Waals surface area contributed by atoms with Gasteiger partial charge in [0.25, 0.3) is 0 Å². The molecule has 0 unspecified atom stereocenters. The lowest BCUT2D eigenvalue weighted by atomic mass is 10.2. The van der Waals surface area contributed by atoms with Gasteiger partial charge in [0.05, 0.1) is 23.7 Å². The first kappa shape index (κ1) is 19.5. The molecule has 0 saturated carbocycles. The molecule has 0 aliphatic heterocycles. The van der Waals surface area contributed by atoms with Crippen LogP contribution in [0.5, 0.6) is 5.75 Å². The number of hydrogen-bond donors (Lipinski definition) is 1. The van der Waals surface area contributed by atoms with Crippen molar-refractivity contribution in [2.24, 2.45) is 0 Å². The highest BCUT2D eigenvalue weighted by molar-refractivity contribution is 7.89. The summed E-state index contributed by atoms with van der Waals surface area (Å²) in [5.74, 6) is 0.675. The van der Waals surface area contributed by atoms with E-state index in [0.29, 0.717) is 18.1 Å². The van der Waals surface area contributed by atoms with Gasteiger partial charge < -0.3 is 4.74 Å². The van der Waals surface area contributed by atoms with E-state index >= 15 is 0 Å². The number of nitrogens with zero attached hydrogens (tertiary/aromatic N) is 1. The lowest BCUT2D eigenvalue weighted by Crippen LogP contribution is -2.23. The number of sulfonamides is 1. The lowest BCUT2D eigenvalue weighted by Gasteiger charge is -2.08. The van der Waals surface area contributed by atoms with Crippen LogP contribution in [0, 0.1) is 0 Å². The summed E-state index contributed by atoms with van der Waals surface area (Å²) >= 11 is 1.50. The molecule has 1 N–H and O–H groups in total. The minimum atomic E-state index is -3.60. The van der Waals surface area contributed by atoms with Crippen molar-refractivity contribution in [1.82, 2.24) is 9.71 Å². The van der Waals surface area contributed by atoms with Gasteiger partial charge in [-0.3, -0.25) is 0 Å². The van der Waals surface area contributed by atoms with Gasteiger partial charge in [-0.25, -0.2) is 18.1 Å². The van der Waals surface area contributed by atoms with E-state index in [4.69, 9.17) is 4.74 Å². The van der Waals surface area contributed by atoms with Crippen molar-refractivity contribution in [1.29, 1.82) is 0 Å². The highest BCUT2D eigenvalue weighted by Gasteiger charge is 2.15. The maximum atomic E-state index is 12.5. The molecule has 2 aromatic carbocycles. The zero-order valence-electron chi connectivity index (χ0n) is 15.1. The summed E-state index contributed by atoms with van der Waals surface area (Å²) in [6.45, 7) is 2.88. The number of hydrogen-bond acceptors (Lipinski definition) is 5. The van der Waals surface area contributed by atoms with Crippen molar-refractivity contribution in [3.05, 3.63) is 65.7 Å². The van der Waals surface area contributed by atoms with Crippen LogP contribution in [0.2, 0.25) is 0 Å². The number of aromatic nitrogens is 1. The molecule has 5 nitrogen and oxygen atoms in total. The van der Waals surface area contributed by atoms with E-state index in [9.17, 15) is 8.42 Å². The molecule has 0 bridgehead atoms. The molecule has 27 heavy (non-hydrogen) atoms. The van der Waals surface area contributed by atoms with Gasteiger partial charge in [-0.15, -0.1) is 11.3 Å². The zero-order chi connectivity index (χ0) is 19.1. The smallest absolute Gasteiger partial charge is 0.240 e. The summed E-state index contributed by atoms with van der Waals surface area (Å²) < 4.78 is 33.1. The normalized spacial score (nSPS) is 11.4. The van der Waals surface area contributed by atoms with Crippen molar-refractivity contribution in [3.63, 3.8) is 0 Å². The van der Waals surface area contributed by atoms with Crippen LogP contribution >= 0.6 is 11.3 Å². The third-order valence-corrected chi connectivity index (χ3v) is 6.27. The van der Waals surface area contributed by atoms with E-state index in [-0.39, 0.29) is 11.4 Å². The average molecular weight is 403 g/mol. The van der Waals surface area contributed by atoms with E-state index in [1.54, 1.807) is 24.3 Å². The standard InChI is InChI=1S/C20H22N2O3S2/c1-2-3-13-25-18-9-11-19(12-10-18)27(23,24)21-14-17-15-26-20(22-17)16-7-5-4-6-8-16/h4-12,15,21H,2-3,13-14H2,1H3. The Morgan fingerprint density at radius 3 is 2.52 bits per heavy atom. The fourth-order valence-electron chi connectivity index (χ4n) is 2.40. The van der Waals surface area contributed by atoms with Crippen LogP contribution in [-0.4, -0.2) is 20.0 Å². The summed E-state index contributed by atoms with van der Waals surface area (Å²) in [5, 5.41) is 2.74. The Balaban J connectivity index is 1.61. The fourth-order valence-corrected chi connectivity index (χ4v) is 4.23. The van der Waals surface area contributed by atoms with E-state index in [0.717, 1.165) is 23.4 Å². The summed E-state index contributed by atoms with van der Waals surface area (Å²) in [6.07, 6.45) is 2.03. The molecule has 142 valence electrons. The number of benzene rings is 2.